The van der Waals surface area contributed by atoms with Crippen LogP contribution in [-0.2, 0) is 20.4 Å². The van der Waals surface area contributed by atoms with Gasteiger partial charge in [0, 0.05) is 33.5 Å². The molecule has 4 aromatic rings. The number of hydrogen-bond donors (Lipinski definition) is 2. The largest absolute Gasteiger partial charge is 0.383 e. The summed E-state index contributed by atoms with van der Waals surface area (Å²) in [5.41, 5.74) is 1.89. The van der Waals surface area contributed by atoms with Gasteiger partial charge in [0.2, 0.25) is 10.0 Å². The zero-order chi connectivity index (χ0) is 25.5. The smallest absolute Gasteiger partial charge is 0.215 e. The van der Waals surface area contributed by atoms with E-state index in [-0.39, 0.29) is 11.9 Å². The lowest BCUT2D eigenvalue weighted by atomic mass is 9.96. The zero-order valence-electron chi connectivity index (χ0n) is 19.9. The number of fused-ring (bicyclic) bond motifs is 1. The summed E-state index contributed by atoms with van der Waals surface area (Å²) in [6.45, 7) is 1.87. The molecule has 1 fully saturated rings. The maximum Gasteiger partial charge on any atom is 0.215 e. The van der Waals surface area contributed by atoms with E-state index in [0.29, 0.717) is 29.0 Å². The van der Waals surface area contributed by atoms with Crippen LogP contribution in [0.4, 0.5) is 0 Å². The Morgan fingerprint density at radius 2 is 1.97 bits per heavy atom. The van der Waals surface area contributed by atoms with E-state index in [1.807, 2.05) is 48.5 Å². The molecule has 2 aromatic carbocycles. The highest BCUT2D eigenvalue weighted by Crippen LogP contribution is 2.41. The molecule has 1 unspecified atom stereocenters. The molecule has 0 bridgehead atoms. The molecule has 0 aliphatic heterocycles. The van der Waals surface area contributed by atoms with Gasteiger partial charge in [-0.25, -0.2) is 13.1 Å². The summed E-state index contributed by atoms with van der Waals surface area (Å²) in [5.74, 6) is 0. The van der Waals surface area contributed by atoms with Gasteiger partial charge in [0.15, 0.2) is 0 Å². The van der Waals surface area contributed by atoms with Crippen LogP contribution >= 0.6 is 22.9 Å². The average Bonchev–Trinajstić information content (AvgIpc) is 3.63. The third kappa shape index (κ3) is 5.07. The van der Waals surface area contributed by atoms with E-state index in [9.17, 15) is 13.5 Å². The topological polar surface area (TPSA) is 88.5 Å². The number of benzene rings is 2. The second kappa shape index (κ2) is 9.85. The van der Waals surface area contributed by atoms with Gasteiger partial charge in [0.1, 0.15) is 5.60 Å². The predicted octanol–water partition coefficient (Wildman–Crippen LogP) is 5.64. The second-order valence-electron chi connectivity index (χ2n) is 9.33. The van der Waals surface area contributed by atoms with Gasteiger partial charge < -0.3 is 9.84 Å². The van der Waals surface area contributed by atoms with Crippen molar-refractivity contribution in [1.82, 2.24) is 9.71 Å². The number of methoxy groups -OCH3 is 1. The lowest BCUT2D eigenvalue weighted by Gasteiger charge is -2.23. The van der Waals surface area contributed by atoms with Gasteiger partial charge in [0.05, 0.1) is 23.6 Å². The van der Waals surface area contributed by atoms with Gasteiger partial charge in [-0.05, 0) is 60.5 Å². The molecule has 2 heterocycles. The number of ether oxygens (including phenoxy) is 1. The van der Waals surface area contributed by atoms with Crippen LogP contribution in [0.25, 0.3) is 21.3 Å². The van der Waals surface area contributed by atoms with Crippen LogP contribution in [0.15, 0.2) is 66.9 Å². The van der Waals surface area contributed by atoms with Crippen molar-refractivity contribution in [3.05, 3.63) is 87.9 Å². The normalized spacial score (nSPS) is 16.7. The van der Waals surface area contributed by atoms with Crippen molar-refractivity contribution in [2.75, 3.05) is 13.7 Å². The minimum atomic E-state index is -3.48. The Labute approximate surface area is 220 Å². The van der Waals surface area contributed by atoms with Crippen molar-refractivity contribution in [1.29, 1.82) is 0 Å². The van der Waals surface area contributed by atoms with Gasteiger partial charge >= 0.3 is 0 Å². The van der Waals surface area contributed by atoms with Gasteiger partial charge in [-0.15, -0.1) is 11.3 Å². The van der Waals surface area contributed by atoms with Crippen LogP contribution in [0.2, 0.25) is 5.02 Å². The van der Waals surface area contributed by atoms with Crippen LogP contribution in [0.3, 0.4) is 0 Å². The number of rotatable bonds is 9. The Bertz CT molecular complexity index is 1510. The van der Waals surface area contributed by atoms with Crippen LogP contribution in [0.5, 0.6) is 0 Å². The van der Waals surface area contributed by atoms with Crippen LogP contribution in [-0.4, -0.2) is 37.5 Å². The van der Waals surface area contributed by atoms with Crippen molar-refractivity contribution in [2.24, 2.45) is 0 Å². The van der Waals surface area contributed by atoms with E-state index < -0.39 is 21.7 Å². The van der Waals surface area contributed by atoms with Crippen LogP contribution < -0.4 is 4.72 Å². The minimum absolute atomic E-state index is 0.157. The first-order chi connectivity index (χ1) is 17.2. The lowest BCUT2D eigenvalue weighted by molar-refractivity contribution is -0.0208. The minimum Gasteiger partial charge on any atom is -0.383 e. The van der Waals surface area contributed by atoms with E-state index in [1.54, 1.807) is 32.4 Å². The summed E-state index contributed by atoms with van der Waals surface area (Å²) in [6.07, 6.45) is 3.03. The molecule has 5 rings (SSSR count). The van der Waals surface area contributed by atoms with E-state index >= 15 is 0 Å². The molecular weight excluding hydrogens is 516 g/mol. The standard InChI is InChI=1S/C27H27ClN2O4S2/c1-27(31,16-34-2)18-12-13-29-23(15-18)21-8-5-6-17-14-24(35-26(17)21)25(20-7-3-4-9-22(20)28)30-36(32,33)19-10-11-19/h3-9,12-15,19,25,30-31H,10-11,16H2,1-2H3/t25?,27-/m0/s1. The van der Waals surface area contributed by atoms with Gasteiger partial charge in [0.25, 0.3) is 0 Å². The van der Waals surface area contributed by atoms with Gasteiger partial charge in [-0.2, -0.15) is 0 Å². The molecule has 1 aliphatic rings. The van der Waals surface area contributed by atoms with E-state index in [1.165, 1.54) is 11.3 Å². The van der Waals surface area contributed by atoms with Crippen molar-refractivity contribution in [2.45, 2.75) is 36.7 Å². The third-order valence-electron chi connectivity index (χ3n) is 6.39. The number of hydrogen-bond acceptors (Lipinski definition) is 6. The Morgan fingerprint density at radius 1 is 1.19 bits per heavy atom. The summed E-state index contributed by atoms with van der Waals surface area (Å²) in [6, 6.07) is 18.3. The number of nitrogens with one attached hydrogen (secondary N) is 1. The Hall–Kier alpha value is -2.33. The quantitative estimate of drug-likeness (QED) is 0.286. The number of pyridine rings is 1. The summed E-state index contributed by atoms with van der Waals surface area (Å²) >= 11 is 8.04. The fourth-order valence-electron chi connectivity index (χ4n) is 4.33. The van der Waals surface area contributed by atoms with Crippen molar-refractivity contribution >= 4 is 43.0 Å². The second-order valence-corrected chi connectivity index (χ2v) is 12.8. The molecule has 1 saturated carbocycles. The molecule has 9 heteroatoms. The van der Waals surface area contributed by atoms with Crippen molar-refractivity contribution in [3.8, 4) is 11.3 Å². The van der Waals surface area contributed by atoms with Crippen LogP contribution in [0, 0.1) is 0 Å². The highest BCUT2D eigenvalue weighted by molar-refractivity contribution is 7.90. The SMILES string of the molecule is COC[C@](C)(O)c1ccnc(-c2cccc3cc(C(NS(=O)(=O)C4CC4)c4ccccc4Cl)sc23)c1. The average molecular weight is 543 g/mol. The Balaban J connectivity index is 1.61. The number of nitrogens with zero attached hydrogens (tertiary/aromatic N) is 1. The highest BCUT2D eigenvalue weighted by Gasteiger charge is 2.38. The predicted molar refractivity (Wildman–Crippen MR) is 145 cm³/mol. The maximum absolute atomic E-state index is 13.0. The summed E-state index contributed by atoms with van der Waals surface area (Å²) in [4.78, 5) is 5.42. The number of thiophene rings is 1. The third-order valence-corrected chi connectivity index (χ3v) is 9.90. The van der Waals surface area contributed by atoms with Crippen molar-refractivity contribution in [3.63, 3.8) is 0 Å². The molecule has 0 saturated heterocycles. The number of sulfonamides is 1. The first-order valence-corrected chi connectivity index (χ1v) is 14.4. The van der Waals surface area contributed by atoms with Crippen molar-refractivity contribution < 1.29 is 18.3 Å². The maximum atomic E-state index is 13.0. The molecule has 0 radical (unpaired) electrons. The molecule has 2 aromatic heterocycles. The van der Waals surface area contributed by atoms with E-state index in [0.717, 1.165) is 26.2 Å². The van der Waals surface area contributed by atoms with E-state index in [4.69, 9.17) is 16.3 Å². The molecule has 36 heavy (non-hydrogen) atoms. The Morgan fingerprint density at radius 3 is 2.69 bits per heavy atom. The fourth-order valence-corrected chi connectivity index (χ4v) is 7.43. The summed E-state index contributed by atoms with van der Waals surface area (Å²) < 4.78 is 35.0. The summed E-state index contributed by atoms with van der Waals surface area (Å²) in [7, 11) is -1.93. The monoisotopic (exact) mass is 542 g/mol. The zero-order valence-corrected chi connectivity index (χ0v) is 22.3. The highest BCUT2D eigenvalue weighted by atomic mass is 35.5. The fraction of sp³-hybridized carbons (Fsp3) is 0.296. The van der Waals surface area contributed by atoms with Gasteiger partial charge in [-0.3, -0.25) is 4.98 Å². The molecule has 188 valence electrons. The number of aliphatic hydroxyl groups is 1. The molecule has 0 amide bonds. The number of halogens is 1. The lowest BCUT2D eigenvalue weighted by Crippen LogP contribution is -2.31. The Kier molecular flexibility index (Phi) is 6.93. The first kappa shape index (κ1) is 25.3. The molecule has 2 N–H and O–H groups in total. The molecule has 0 spiro atoms. The molecule has 2 atom stereocenters. The van der Waals surface area contributed by atoms with E-state index in [2.05, 4.69) is 9.71 Å². The summed E-state index contributed by atoms with van der Waals surface area (Å²) in [5, 5.41) is 12.0. The number of aromatic nitrogens is 1. The molecule has 6 nitrogen and oxygen atoms in total. The first-order valence-electron chi connectivity index (χ1n) is 11.7. The van der Waals surface area contributed by atoms with Gasteiger partial charge in [-0.1, -0.05) is 48.0 Å². The molecular formula is C27H27ClN2O4S2. The van der Waals surface area contributed by atoms with Crippen LogP contribution in [0.1, 0.15) is 41.8 Å². The molecule has 1 aliphatic carbocycles.